The van der Waals surface area contributed by atoms with Crippen LogP contribution in [0.5, 0.6) is 0 Å². The molecular formula is C17H35N3O+2. The predicted octanol–water partition coefficient (Wildman–Crippen LogP) is -0.585. The zero-order valence-corrected chi connectivity index (χ0v) is 14.6. The number of carbonyl (C=O) groups excluding carboxylic acids is 1. The quantitative estimate of drug-likeness (QED) is 0.541. The van der Waals surface area contributed by atoms with E-state index in [-0.39, 0.29) is 16.9 Å². The third-order valence-corrected chi connectivity index (χ3v) is 6.42. The molecular weight excluding hydrogens is 262 g/mol. The van der Waals surface area contributed by atoms with Gasteiger partial charge in [0.15, 0.2) is 6.54 Å². The van der Waals surface area contributed by atoms with E-state index in [9.17, 15) is 4.79 Å². The van der Waals surface area contributed by atoms with E-state index < -0.39 is 0 Å². The highest BCUT2D eigenvalue weighted by Gasteiger charge is 2.60. The standard InChI is InChI=1S/C17H33N3O/c1-16(2)13-7-8-14(11-13)17(16,3)19-15(21)12-18-9-6-10-20(4)5/h13-14,18H,6-12H2,1-5H3,(H,19,21)/p+2/t13-,14-,17+/m0/s1. The molecule has 0 aromatic heterocycles. The van der Waals surface area contributed by atoms with Crippen LogP contribution in [0.25, 0.3) is 0 Å². The van der Waals surface area contributed by atoms with Crippen molar-refractivity contribution in [3.05, 3.63) is 0 Å². The lowest BCUT2D eigenvalue weighted by Gasteiger charge is -2.48. The van der Waals surface area contributed by atoms with Crippen LogP contribution in [0.2, 0.25) is 0 Å². The van der Waals surface area contributed by atoms with Gasteiger partial charge in [-0.1, -0.05) is 13.8 Å². The Labute approximate surface area is 130 Å². The molecule has 2 rings (SSSR count). The van der Waals surface area contributed by atoms with E-state index in [4.69, 9.17) is 0 Å². The van der Waals surface area contributed by atoms with Gasteiger partial charge in [-0.3, -0.25) is 4.79 Å². The third-order valence-electron chi connectivity index (χ3n) is 6.42. The van der Waals surface area contributed by atoms with E-state index in [1.807, 2.05) is 0 Å². The SMILES string of the molecule is C[NH+](C)CCC[NH2+]CC(=O)N[C@]1(C)[C@H]2CC[C@@H](C2)C1(C)C. The first kappa shape index (κ1) is 16.8. The van der Waals surface area contributed by atoms with Gasteiger partial charge in [0, 0.05) is 12.0 Å². The van der Waals surface area contributed by atoms with Gasteiger partial charge in [-0.2, -0.15) is 0 Å². The predicted molar refractivity (Wildman–Crippen MR) is 85.1 cm³/mol. The molecule has 0 aliphatic heterocycles. The van der Waals surface area contributed by atoms with Crippen LogP contribution in [0.3, 0.4) is 0 Å². The number of hydrogen-bond donors (Lipinski definition) is 3. The van der Waals surface area contributed by atoms with Crippen LogP contribution in [0.1, 0.15) is 46.5 Å². The second kappa shape index (κ2) is 6.25. The van der Waals surface area contributed by atoms with Crippen molar-refractivity contribution < 1.29 is 15.0 Å². The molecule has 0 aromatic carbocycles. The number of amides is 1. The van der Waals surface area contributed by atoms with Gasteiger partial charge < -0.3 is 15.5 Å². The summed E-state index contributed by atoms with van der Waals surface area (Å²) in [7, 11) is 4.34. The van der Waals surface area contributed by atoms with Gasteiger partial charge >= 0.3 is 0 Å². The minimum absolute atomic E-state index is 0.00533. The highest BCUT2D eigenvalue weighted by atomic mass is 16.2. The summed E-state index contributed by atoms with van der Waals surface area (Å²) in [5.41, 5.74) is 0.231. The average Bonchev–Trinajstić information content (AvgIpc) is 2.92. The maximum atomic E-state index is 12.3. The van der Waals surface area contributed by atoms with E-state index in [1.165, 1.54) is 37.1 Å². The molecule has 2 aliphatic carbocycles. The van der Waals surface area contributed by atoms with Crippen molar-refractivity contribution in [1.29, 1.82) is 0 Å². The van der Waals surface area contributed by atoms with Gasteiger partial charge in [0.1, 0.15) is 0 Å². The lowest BCUT2D eigenvalue weighted by molar-refractivity contribution is -0.860. The summed E-state index contributed by atoms with van der Waals surface area (Å²) in [6, 6.07) is 0. The minimum atomic E-state index is -0.00533. The Kier molecular flexibility index (Phi) is 4.99. The van der Waals surface area contributed by atoms with Gasteiger partial charge in [0.25, 0.3) is 5.91 Å². The van der Waals surface area contributed by atoms with Crippen molar-refractivity contribution in [3.8, 4) is 0 Å². The Balaban J connectivity index is 1.77. The van der Waals surface area contributed by atoms with Crippen LogP contribution >= 0.6 is 0 Å². The molecule has 4 nitrogen and oxygen atoms in total. The zero-order chi connectivity index (χ0) is 15.7. The molecule has 3 atom stereocenters. The molecule has 0 spiro atoms. The van der Waals surface area contributed by atoms with Crippen LogP contribution < -0.4 is 15.5 Å². The van der Waals surface area contributed by atoms with E-state index >= 15 is 0 Å². The molecule has 0 saturated heterocycles. The smallest absolute Gasteiger partial charge is 0.275 e. The molecule has 2 bridgehead atoms. The summed E-state index contributed by atoms with van der Waals surface area (Å²) in [5, 5.41) is 5.56. The Morgan fingerprint density at radius 1 is 1.24 bits per heavy atom. The molecule has 2 aliphatic rings. The van der Waals surface area contributed by atoms with Gasteiger partial charge in [-0.15, -0.1) is 0 Å². The molecule has 0 aromatic rings. The third kappa shape index (κ3) is 3.26. The first-order valence-corrected chi connectivity index (χ1v) is 8.69. The lowest BCUT2D eigenvalue weighted by Crippen LogP contribution is -3.06. The van der Waals surface area contributed by atoms with Crippen molar-refractivity contribution in [3.63, 3.8) is 0 Å². The van der Waals surface area contributed by atoms with E-state index in [0.29, 0.717) is 12.5 Å². The number of quaternary nitrogens is 2. The normalized spacial score (nSPS) is 33.6. The van der Waals surface area contributed by atoms with Crippen molar-refractivity contribution in [1.82, 2.24) is 5.32 Å². The second-order valence-electron chi connectivity index (χ2n) is 8.27. The highest BCUT2D eigenvalue weighted by Crippen LogP contribution is 2.61. The fourth-order valence-corrected chi connectivity index (χ4v) is 4.55. The van der Waals surface area contributed by atoms with Crippen LogP contribution in [-0.4, -0.2) is 45.2 Å². The number of hydrogen-bond acceptors (Lipinski definition) is 1. The molecule has 0 heterocycles. The summed E-state index contributed by atoms with van der Waals surface area (Å²) >= 11 is 0. The maximum absolute atomic E-state index is 12.3. The van der Waals surface area contributed by atoms with Crippen LogP contribution in [-0.2, 0) is 4.79 Å². The minimum Gasteiger partial charge on any atom is -0.345 e. The van der Waals surface area contributed by atoms with Crippen LogP contribution in [0.4, 0.5) is 0 Å². The molecule has 4 N–H and O–H groups in total. The maximum Gasteiger partial charge on any atom is 0.275 e. The molecule has 2 saturated carbocycles. The second-order valence-corrected chi connectivity index (χ2v) is 8.27. The lowest BCUT2D eigenvalue weighted by atomic mass is 9.64. The average molecular weight is 297 g/mol. The summed E-state index contributed by atoms with van der Waals surface area (Å²) < 4.78 is 0. The van der Waals surface area contributed by atoms with Crippen molar-refractivity contribution in [2.45, 2.75) is 52.0 Å². The summed E-state index contributed by atoms with van der Waals surface area (Å²) in [4.78, 5) is 13.8. The Hall–Kier alpha value is -0.610. The van der Waals surface area contributed by atoms with Gasteiger partial charge in [0.2, 0.25) is 0 Å². The number of nitrogens with one attached hydrogen (secondary N) is 2. The topological polar surface area (TPSA) is 50.2 Å². The molecule has 21 heavy (non-hydrogen) atoms. The Bertz CT molecular complexity index is 380. The van der Waals surface area contributed by atoms with Crippen molar-refractivity contribution in [2.24, 2.45) is 17.3 Å². The largest absolute Gasteiger partial charge is 0.345 e. The number of nitrogens with two attached hydrogens (primary N) is 1. The van der Waals surface area contributed by atoms with Crippen LogP contribution in [0.15, 0.2) is 0 Å². The number of fused-ring (bicyclic) bond motifs is 2. The molecule has 122 valence electrons. The summed E-state index contributed by atoms with van der Waals surface area (Å²) in [6.45, 7) is 9.77. The van der Waals surface area contributed by atoms with E-state index in [2.05, 4.69) is 45.5 Å². The summed E-state index contributed by atoms with van der Waals surface area (Å²) in [6.07, 6.45) is 5.12. The molecule has 1 amide bonds. The number of rotatable bonds is 7. The van der Waals surface area contributed by atoms with E-state index in [1.54, 1.807) is 0 Å². The van der Waals surface area contributed by atoms with E-state index in [0.717, 1.165) is 12.5 Å². The Morgan fingerprint density at radius 2 is 1.90 bits per heavy atom. The van der Waals surface area contributed by atoms with Gasteiger partial charge in [0.05, 0.1) is 27.2 Å². The fourth-order valence-electron chi connectivity index (χ4n) is 4.55. The highest BCUT2D eigenvalue weighted by molar-refractivity contribution is 5.77. The molecule has 0 unspecified atom stereocenters. The van der Waals surface area contributed by atoms with Crippen molar-refractivity contribution in [2.75, 3.05) is 33.7 Å². The Morgan fingerprint density at radius 3 is 2.48 bits per heavy atom. The first-order valence-electron chi connectivity index (χ1n) is 8.69. The zero-order valence-electron chi connectivity index (χ0n) is 14.6. The number of carbonyl (C=O) groups is 1. The van der Waals surface area contributed by atoms with Gasteiger partial charge in [-0.25, -0.2) is 0 Å². The van der Waals surface area contributed by atoms with Crippen molar-refractivity contribution >= 4 is 5.91 Å². The molecule has 4 heteroatoms. The monoisotopic (exact) mass is 297 g/mol. The molecule has 2 fully saturated rings. The van der Waals surface area contributed by atoms with Gasteiger partial charge in [-0.05, 0) is 43.4 Å². The van der Waals surface area contributed by atoms with Crippen LogP contribution in [0, 0.1) is 17.3 Å². The summed E-state index contributed by atoms with van der Waals surface area (Å²) in [5.74, 6) is 1.69. The fraction of sp³-hybridized carbons (Fsp3) is 0.941. The molecule has 0 radical (unpaired) electrons. The first-order chi connectivity index (χ1) is 9.77.